The van der Waals surface area contributed by atoms with Crippen LogP contribution in [-0.4, -0.2) is 30.1 Å². The lowest BCUT2D eigenvalue weighted by atomic mass is 10.1. The Morgan fingerprint density at radius 2 is 1.96 bits per heavy atom. The summed E-state index contributed by atoms with van der Waals surface area (Å²) in [5, 5.41) is 6.55. The predicted octanol–water partition coefficient (Wildman–Crippen LogP) is 1.83. The van der Waals surface area contributed by atoms with Gasteiger partial charge in [-0.25, -0.2) is 10.2 Å². The van der Waals surface area contributed by atoms with Crippen molar-refractivity contribution in [2.75, 3.05) is 11.9 Å². The first-order chi connectivity index (χ1) is 11.5. The van der Waals surface area contributed by atoms with Gasteiger partial charge in [-0.15, -0.1) is 0 Å². The summed E-state index contributed by atoms with van der Waals surface area (Å²) in [6.45, 7) is 4.01. The molecule has 128 valence electrons. The number of nitrogens with one attached hydrogen (secondary N) is 2. The zero-order valence-electron chi connectivity index (χ0n) is 13.8. The second-order valence-corrected chi connectivity index (χ2v) is 5.65. The van der Waals surface area contributed by atoms with Crippen LogP contribution in [-0.2, 0) is 19.1 Å². The molecule has 0 bridgehead atoms. The van der Waals surface area contributed by atoms with Crippen molar-refractivity contribution in [2.45, 2.75) is 39.5 Å². The van der Waals surface area contributed by atoms with Crippen LogP contribution in [0.2, 0.25) is 0 Å². The van der Waals surface area contributed by atoms with E-state index in [1.54, 1.807) is 0 Å². The first-order valence-corrected chi connectivity index (χ1v) is 7.86. The lowest BCUT2D eigenvalue weighted by Gasteiger charge is -2.12. The third-order valence-electron chi connectivity index (χ3n) is 3.67. The molecule has 0 aliphatic carbocycles. The van der Waals surface area contributed by atoms with E-state index in [2.05, 4.69) is 15.8 Å². The average Bonchev–Trinajstić information content (AvgIpc) is 2.55. The summed E-state index contributed by atoms with van der Waals surface area (Å²) in [7, 11) is 0. The minimum absolute atomic E-state index is 0.120. The third kappa shape index (κ3) is 4.91. The van der Waals surface area contributed by atoms with Crippen LogP contribution >= 0.6 is 0 Å². The monoisotopic (exact) mass is 331 g/mol. The summed E-state index contributed by atoms with van der Waals surface area (Å²) in [5.74, 6) is -0.884. The van der Waals surface area contributed by atoms with Crippen molar-refractivity contribution in [3.63, 3.8) is 0 Å². The maximum atomic E-state index is 12.0. The Labute approximate surface area is 140 Å². The number of hydrogen-bond acceptors (Lipinski definition) is 5. The van der Waals surface area contributed by atoms with Crippen molar-refractivity contribution in [1.82, 2.24) is 5.43 Å². The maximum absolute atomic E-state index is 12.0. The Kier molecular flexibility index (Phi) is 6.06. The van der Waals surface area contributed by atoms with E-state index in [9.17, 15) is 14.4 Å². The molecule has 0 saturated heterocycles. The number of para-hydroxylation sites is 1. The predicted molar refractivity (Wildman–Crippen MR) is 89.6 cm³/mol. The van der Waals surface area contributed by atoms with Crippen LogP contribution in [0.25, 0.3) is 0 Å². The van der Waals surface area contributed by atoms with Gasteiger partial charge in [-0.3, -0.25) is 9.59 Å². The van der Waals surface area contributed by atoms with Crippen molar-refractivity contribution in [3.05, 3.63) is 29.3 Å². The molecule has 0 radical (unpaired) electrons. The van der Waals surface area contributed by atoms with Gasteiger partial charge in [-0.2, -0.15) is 5.10 Å². The summed E-state index contributed by atoms with van der Waals surface area (Å²) in [5.41, 5.74) is 5.29. The summed E-state index contributed by atoms with van der Waals surface area (Å²) in [6.07, 6.45) is 1.18. The number of anilines is 1. The number of aryl methyl sites for hydroxylation is 2. The van der Waals surface area contributed by atoms with Gasteiger partial charge in [0.15, 0.2) is 0 Å². The molecule has 7 nitrogen and oxygen atoms in total. The number of carbonyl (C=O) groups is 3. The molecule has 1 aliphatic rings. The van der Waals surface area contributed by atoms with E-state index >= 15 is 0 Å². The molecule has 1 aliphatic heterocycles. The molecule has 7 heteroatoms. The number of benzene rings is 1. The van der Waals surface area contributed by atoms with E-state index in [-0.39, 0.29) is 43.4 Å². The van der Waals surface area contributed by atoms with Crippen molar-refractivity contribution in [2.24, 2.45) is 5.10 Å². The number of ether oxygens (including phenoxy) is 1. The molecule has 0 aromatic heterocycles. The van der Waals surface area contributed by atoms with E-state index in [0.29, 0.717) is 6.42 Å². The topological polar surface area (TPSA) is 96.9 Å². The average molecular weight is 331 g/mol. The highest BCUT2D eigenvalue weighted by molar-refractivity contribution is 6.37. The van der Waals surface area contributed by atoms with Gasteiger partial charge in [0.25, 0.3) is 0 Å². The lowest BCUT2D eigenvalue weighted by Crippen LogP contribution is -2.30. The van der Waals surface area contributed by atoms with Crippen molar-refractivity contribution >= 4 is 29.2 Å². The van der Waals surface area contributed by atoms with Crippen molar-refractivity contribution in [1.29, 1.82) is 0 Å². The van der Waals surface area contributed by atoms with Gasteiger partial charge in [0.1, 0.15) is 5.71 Å². The molecular formula is C17H21N3O4. The number of hydrazone groups is 1. The summed E-state index contributed by atoms with van der Waals surface area (Å²) in [6, 6.07) is 5.82. The summed E-state index contributed by atoms with van der Waals surface area (Å²) >= 11 is 0. The fraction of sp³-hybridized carbons (Fsp3) is 0.412. The molecule has 0 saturated carbocycles. The highest BCUT2D eigenvalue weighted by Gasteiger charge is 2.19. The molecule has 0 spiro atoms. The SMILES string of the molecule is Cc1cccc(C)c1NC(=O)CCCOC(=O)C1=NNC(=O)CC1. The quantitative estimate of drug-likeness (QED) is 0.614. The fourth-order valence-corrected chi connectivity index (χ4v) is 2.32. The zero-order chi connectivity index (χ0) is 17.5. The molecule has 0 fully saturated rings. The Bertz CT molecular complexity index is 662. The Balaban J connectivity index is 1.71. The molecule has 2 N–H and O–H groups in total. The van der Waals surface area contributed by atoms with Gasteiger partial charge < -0.3 is 10.1 Å². The normalized spacial score (nSPS) is 13.8. The molecule has 1 heterocycles. The first-order valence-electron chi connectivity index (χ1n) is 7.86. The van der Waals surface area contributed by atoms with Gasteiger partial charge in [0, 0.05) is 24.9 Å². The second kappa shape index (κ2) is 8.24. The molecule has 2 rings (SSSR count). The number of nitrogens with zero attached hydrogens (tertiary/aromatic N) is 1. The lowest BCUT2D eigenvalue weighted by molar-refractivity contribution is -0.136. The summed E-state index contributed by atoms with van der Waals surface area (Å²) in [4.78, 5) is 34.7. The fourth-order valence-electron chi connectivity index (χ4n) is 2.32. The number of carbonyl (C=O) groups excluding carboxylic acids is 3. The molecule has 1 aromatic rings. The zero-order valence-corrected chi connectivity index (χ0v) is 13.8. The minimum atomic E-state index is -0.551. The van der Waals surface area contributed by atoms with Gasteiger partial charge in [-0.1, -0.05) is 18.2 Å². The highest BCUT2D eigenvalue weighted by atomic mass is 16.5. The van der Waals surface area contributed by atoms with Gasteiger partial charge >= 0.3 is 5.97 Å². The van der Waals surface area contributed by atoms with E-state index in [1.807, 2.05) is 32.0 Å². The molecule has 0 atom stereocenters. The second-order valence-electron chi connectivity index (χ2n) is 5.65. The van der Waals surface area contributed by atoms with Crippen LogP contribution in [0.5, 0.6) is 0 Å². The smallest absolute Gasteiger partial charge is 0.354 e. The number of rotatable bonds is 6. The highest BCUT2D eigenvalue weighted by Crippen LogP contribution is 2.19. The van der Waals surface area contributed by atoms with Crippen molar-refractivity contribution < 1.29 is 19.1 Å². The largest absolute Gasteiger partial charge is 0.461 e. The molecule has 24 heavy (non-hydrogen) atoms. The Hall–Kier alpha value is -2.70. The summed E-state index contributed by atoms with van der Waals surface area (Å²) < 4.78 is 5.06. The van der Waals surface area contributed by atoms with Crippen LogP contribution in [0.4, 0.5) is 5.69 Å². The number of esters is 1. The number of hydrogen-bond donors (Lipinski definition) is 2. The molecule has 2 amide bonds. The van der Waals surface area contributed by atoms with Gasteiger partial charge in [0.05, 0.1) is 6.61 Å². The first kappa shape index (κ1) is 17.7. The minimum Gasteiger partial charge on any atom is -0.461 e. The van der Waals surface area contributed by atoms with E-state index in [0.717, 1.165) is 16.8 Å². The van der Waals surface area contributed by atoms with E-state index in [4.69, 9.17) is 4.74 Å². The van der Waals surface area contributed by atoms with Crippen LogP contribution < -0.4 is 10.7 Å². The van der Waals surface area contributed by atoms with Gasteiger partial charge in [-0.05, 0) is 31.4 Å². The van der Waals surface area contributed by atoms with Gasteiger partial charge in [0.2, 0.25) is 11.8 Å². The van der Waals surface area contributed by atoms with E-state index in [1.165, 1.54) is 0 Å². The van der Waals surface area contributed by atoms with Crippen LogP contribution in [0, 0.1) is 13.8 Å². The van der Waals surface area contributed by atoms with Crippen molar-refractivity contribution in [3.8, 4) is 0 Å². The molecule has 0 unspecified atom stereocenters. The molecular weight excluding hydrogens is 310 g/mol. The number of amides is 2. The molecule has 1 aromatic carbocycles. The Morgan fingerprint density at radius 1 is 1.25 bits per heavy atom. The third-order valence-corrected chi connectivity index (χ3v) is 3.67. The standard InChI is InChI=1S/C17H21N3O4/c1-11-5-3-6-12(2)16(11)18-14(21)7-4-10-24-17(23)13-8-9-15(22)20-19-13/h3,5-6H,4,7-10H2,1-2H3,(H,18,21)(H,20,22). The van der Waals surface area contributed by atoms with Crippen LogP contribution in [0.1, 0.15) is 36.8 Å². The van der Waals surface area contributed by atoms with Crippen LogP contribution in [0.3, 0.4) is 0 Å². The van der Waals surface area contributed by atoms with E-state index < -0.39 is 5.97 Å². The van der Waals surface area contributed by atoms with Crippen LogP contribution in [0.15, 0.2) is 23.3 Å². The Morgan fingerprint density at radius 3 is 2.58 bits per heavy atom. The maximum Gasteiger partial charge on any atom is 0.354 e.